The summed E-state index contributed by atoms with van der Waals surface area (Å²) in [5.41, 5.74) is 1.88. The van der Waals surface area contributed by atoms with Gasteiger partial charge < -0.3 is 14.5 Å². The highest BCUT2D eigenvalue weighted by molar-refractivity contribution is 5.94. The van der Waals surface area contributed by atoms with Crippen molar-refractivity contribution in [3.05, 3.63) is 94.0 Å². The van der Waals surface area contributed by atoms with E-state index >= 15 is 0 Å². The Morgan fingerprint density at radius 3 is 2.64 bits per heavy atom. The molecule has 0 aliphatic carbocycles. The number of carbonyl (C=O) groups is 1. The molecule has 2 aromatic carbocycles. The predicted molar refractivity (Wildman–Crippen MR) is 135 cm³/mol. The van der Waals surface area contributed by atoms with Crippen molar-refractivity contribution in [1.82, 2.24) is 20.1 Å². The van der Waals surface area contributed by atoms with Gasteiger partial charge in [-0.1, -0.05) is 18.2 Å². The van der Waals surface area contributed by atoms with E-state index in [1.165, 1.54) is 0 Å². The van der Waals surface area contributed by atoms with Crippen LogP contribution in [-0.4, -0.2) is 58.8 Å². The Hall–Kier alpha value is -4.71. The third kappa shape index (κ3) is 4.88. The first-order valence-electron chi connectivity index (χ1n) is 11.7. The van der Waals surface area contributed by atoms with Crippen LogP contribution in [0.1, 0.15) is 21.5 Å². The van der Waals surface area contributed by atoms with Crippen LogP contribution in [0.4, 0.5) is 5.82 Å². The molecule has 5 rings (SSSR count). The topological polar surface area (TPSA) is 115 Å². The van der Waals surface area contributed by atoms with Gasteiger partial charge in [0.2, 0.25) is 0 Å². The second-order valence-corrected chi connectivity index (χ2v) is 8.50. The lowest BCUT2D eigenvalue weighted by Gasteiger charge is -2.35. The molecule has 0 bridgehead atoms. The van der Waals surface area contributed by atoms with Crippen LogP contribution >= 0.6 is 0 Å². The molecule has 1 N–H and O–H groups in total. The number of piperazine rings is 1. The lowest BCUT2D eigenvalue weighted by atomic mass is 10.1. The van der Waals surface area contributed by atoms with Crippen molar-refractivity contribution in [1.29, 1.82) is 5.26 Å². The number of carbonyl (C=O) groups excluding carboxylic acids is 1. The van der Waals surface area contributed by atoms with Gasteiger partial charge in [0.15, 0.2) is 0 Å². The van der Waals surface area contributed by atoms with Gasteiger partial charge in [-0.15, -0.1) is 0 Å². The quantitative estimate of drug-likeness (QED) is 0.451. The van der Waals surface area contributed by atoms with E-state index in [9.17, 15) is 9.59 Å². The molecule has 3 heterocycles. The first-order valence-corrected chi connectivity index (χ1v) is 11.7. The molecule has 180 valence electrons. The average molecular weight is 481 g/mol. The van der Waals surface area contributed by atoms with Gasteiger partial charge in [0.25, 0.3) is 11.5 Å². The highest BCUT2D eigenvalue weighted by atomic mass is 16.5. The highest BCUT2D eigenvalue weighted by Crippen LogP contribution is 2.20. The Kier molecular flexibility index (Phi) is 6.58. The van der Waals surface area contributed by atoms with Crippen LogP contribution in [0.2, 0.25) is 0 Å². The standard InChI is InChI=1S/C27H24N6O3/c28-16-19-7-8-25(29-17-19)32-10-12-33(13-11-32)27(35)21-4-1-5-22(15-21)36-14-9-20-3-2-6-23-24(20)18-30-31-26(23)34/h1-8,15,17-18H,9-14H2,(H,31,34). The summed E-state index contributed by atoms with van der Waals surface area (Å²) in [4.78, 5) is 33.4. The van der Waals surface area contributed by atoms with Crippen LogP contribution in [0.3, 0.4) is 0 Å². The average Bonchev–Trinajstić information content (AvgIpc) is 2.93. The second kappa shape index (κ2) is 10.3. The number of aromatic amines is 1. The van der Waals surface area contributed by atoms with E-state index < -0.39 is 0 Å². The van der Waals surface area contributed by atoms with E-state index in [1.807, 2.05) is 35.2 Å². The summed E-state index contributed by atoms with van der Waals surface area (Å²) in [6, 6.07) is 18.5. The predicted octanol–water partition coefficient (Wildman–Crippen LogP) is 2.77. The maximum Gasteiger partial charge on any atom is 0.272 e. The third-order valence-corrected chi connectivity index (χ3v) is 6.29. The molecule has 0 saturated carbocycles. The molecular weight excluding hydrogens is 456 g/mol. The van der Waals surface area contributed by atoms with E-state index in [4.69, 9.17) is 10.00 Å². The third-order valence-electron chi connectivity index (χ3n) is 6.29. The van der Waals surface area contributed by atoms with Crippen LogP contribution in [0.15, 0.2) is 71.8 Å². The van der Waals surface area contributed by atoms with Crippen LogP contribution < -0.4 is 15.2 Å². The molecule has 36 heavy (non-hydrogen) atoms. The Balaban J connectivity index is 1.18. The minimum atomic E-state index is -0.213. The van der Waals surface area contributed by atoms with Gasteiger partial charge in [-0.2, -0.15) is 10.4 Å². The van der Waals surface area contributed by atoms with Gasteiger partial charge in [-0.25, -0.2) is 10.1 Å². The number of nitrogens with zero attached hydrogens (tertiary/aromatic N) is 5. The van der Waals surface area contributed by atoms with Crippen molar-refractivity contribution in [2.24, 2.45) is 0 Å². The fraction of sp³-hybridized carbons (Fsp3) is 0.222. The van der Waals surface area contributed by atoms with Gasteiger partial charge in [-0.05, 0) is 42.0 Å². The largest absolute Gasteiger partial charge is 0.493 e. The summed E-state index contributed by atoms with van der Waals surface area (Å²) in [7, 11) is 0. The maximum absolute atomic E-state index is 13.1. The zero-order valence-electron chi connectivity index (χ0n) is 19.6. The number of nitrogens with one attached hydrogen (secondary N) is 1. The fourth-order valence-corrected chi connectivity index (χ4v) is 4.36. The number of rotatable bonds is 6. The molecule has 0 unspecified atom stereocenters. The van der Waals surface area contributed by atoms with E-state index in [0.29, 0.717) is 61.5 Å². The Morgan fingerprint density at radius 1 is 1.03 bits per heavy atom. The van der Waals surface area contributed by atoms with E-state index in [1.54, 1.807) is 36.7 Å². The molecule has 1 aliphatic heterocycles. The molecule has 4 aromatic rings. The summed E-state index contributed by atoms with van der Waals surface area (Å²) < 4.78 is 5.94. The number of pyridine rings is 1. The summed E-state index contributed by atoms with van der Waals surface area (Å²) in [5.74, 6) is 1.40. The molecule has 0 spiro atoms. The zero-order chi connectivity index (χ0) is 24.9. The molecule has 1 fully saturated rings. The Morgan fingerprint density at radius 2 is 1.86 bits per heavy atom. The summed E-state index contributed by atoms with van der Waals surface area (Å²) in [6.07, 6.45) is 3.82. The van der Waals surface area contributed by atoms with Crippen molar-refractivity contribution in [2.45, 2.75) is 6.42 Å². The number of hydrogen-bond acceptors (Lipinski definition) is 7. The number of fused-ring (bicyclic) bond motifs is 1. The first kappa shape index (κ1) is 23.1. The molecule has 2 aromatic heterocycles. The number of aromatic nitrogens is 3. The van der Waals surface area contributed by atoms with Gasteiger partial charge in [0, 0.05) is 49.7 Å². The lowest BCUT2D eigenvalue weighted by Crippen LogP contribution is -2.49. The summed E-state index contributed by atoms with van der Waals surface area (Å²) in [6.45, 7) is 2.91. The monoisotopic (exact) mass is 480 g/mol. The number of ether oxygens (including phenoxy) is 1. The molecule has 0 radical (unpaired) electrons. The van der Waals surface area contributed by atoms with Crippen molar-refractivity contribution >= 4 is 22.5 Å². The number of hydrogen-bond donors (Lipinski definition) is 1. The number of anilines is 1. The number of nitriles is 1. The van der Waals surface area contributed by atoms with Crippen LogP contribution in [0.5, 0.6) is 5.75 Å². The molecule has 9 heteroatoms. The van der Waals surface area contributed by atoms with E-state index in [2.05, 4.69) is 26.2 Å². The minimum absolute atomic E-state index is 0.0350. The number of amides is 1. The van der Waals surface area contributed by atoms with Crippen LogP contribution in [0.25, 0.3) is 10.8 Å². The molecule has 1 aliphatic rings. The van der Waals surface area contributed by atoms with E-state index in [-0.39, 0.29) is 11.5 Å². The van der Waals surface area contributed by atoms with Gasteiger partial charge >= 0.3 is 0 Å². The van der Waals surface area contributed by atoms with Gasteiger partial charge in [0.1, 0.15) is 17.6 Å². The summed E-state index contributed by atoms with van der Waals surface area (Å²) in [5, 5.41) is 16.7. The van der Waals surface area contributed by atoms with Crippen molar-refractivity contribution in [3.8, 4) is 11.8 Å². The normalized spacial score (nSPS) is 13.4. The minimum Gasteiger partial charge on any atom is -0.493 e. The molecule has 9 nitrogen and oxygen atoms in total. The number of benzene rings is 2. The first-order chi connectivity index (χ1) is 17.6. The Bertz CT molecular complexity index is 1480. The lowest BCUT2D eigenvalue weighted by molar-refractivity contribution is 0.0746. The zero-order valence-corrected chi connectivity index (χ0v) is 19.6. The second-order valence-electron chi connectivity index (χ2n) is 8.50. The molecular formula is C27H24N6O3. The van der Waals surface area contributed by atoms with E-state index in [0.717, 1.165) is 16.8 Å². The van der Waals surface area contributed by atoms with Gasteiger partial charge in [0.05, 0.1) is 23.8 Å². The van der Waals surface area contributed by atoms with Crippen LogP contribution in [-0.2, 0) is 6.42 Å². The smallest absolute Gasteiger partial charge is 0.272 e. The van der Waals surface area contributed by atoms with Gasteiger partial charge in [-0.3, -0.25) is 9.59 Å². The maximum atomic E-state index is 13.1. The van der Waals surface area contributed by atoms with Crippen molar-refractivity contribution in [2.75, 3.05) is 37.7 Å². The SMILES string of the molecule is N#Cc1ccc(N2CCN(C(=O)c3cccc(OCCc4cccc5c(=O)[nH]ncc45)c3)CC2)nc1. The fourth-order valence-electron chi connectivity index (χ4n) is 4.36. The Labute approximate surface area is 207 Å². The molecule has 1 saturated heterocycles. The highest BCUT2D eigenvalue weighted by Gasteiger charge is 2.23. The van der Waals surface area contributed by atoms with Crippen molar-refractivity contribution in [3.63, 3.8) is 0 Å². The molecule has 0 atom stereocenters. The molecule has 1 amide bonds. The van der Waals surface area contributed by atoms with Crippen LogP contribution in [0, 0.1) is 11.3 Å². The summed E-state index contributed by atoms with van der Waals surface area (Å²) >= 11 is 0. The van der Waals surface area contributed by atoms with Crippen molar-refractivity contribution < 1.29 is 9.53 Å². The number of H-pyrrole nitrogens is 1.